The van der Waals surface area contributed by atoms with Crippen LogP contribution in [0.4, 0.5) is 0 Å². The summed E-state index contributed by atoms with van der Waals surface area (Å²) in [4.78, 5) is 10.4. The van der Waals surface area contributed by atoms with Gasteiger partial charge in [-0.25, -0.2) is 0 Å². The van der Waals surface area contributed by atoms with Crippen LogP contribution in [-0.2, 0) is 6.54 Å². The molecule has 3 heteroatoms. The van der Waals surface area contributed by atoms with Crippen LogP contribution in [-0.4, -0.2) is 31.9 Å². The predicted molar refractivity (Wildman–Crippen MR) is 80.0 cm³/mol. The quantitative estimate of drug-likeness (QED) is 0.591. The lowest BCUT2D eigenvalue weighted by atomic mass is 10.1. The molecule has 0 aliphatic heterocycles. The Hall–Kier alpha value is -1.64. The first-order chi connectivity index (χ1) is 9.01. The standard InChI is InChI=1S/C11H16NO.C6H6.ClH/c1-12(2,3)8-10-4-6-11(9-13)7-5-10;1-2-4-6-5-3-1;/h4-7,9H,8H2,1-3H3;1-6H;1H/q+1;;/p-1. The zero-order valence-electron chi connectivity index (χ0n) is 12.3. The minimum absolute atomic E-state index is 0. The van der Waals surface area contributed by atoms with Gasteiger partial charge in [0.1, 0.15) is 12.8 Å². The topological polar surface area (TPSA) is 17.1 Å². The van der Waals surface area contributed by atoms with Crippen LogP contribution in [0.25, 0.3) is 0 Å². The van der Waals surface area contributed by atoms with Crippen LogP contribution in [0.1, 0.15) is 15.9 Å². The van der Waals surface area contributed by atoms with Gasteiger partial charge in [0.2, 0.25) is 0 Å². The van der Waals surface area contributed by atoms with E-state index >= 15 is 0 Å². The van der Waals surface area contributed by atoms with Gasteiger partial charge in [-0.05, 0) is 0 Å². The van der Waals surface area contributed by atoms with Crippen molar-refractivity contribution in [1.82, 2.24) is 0 Å². The van der Waals surface area contributed by atoms with E-state index in [9.17, 15) is 4.79 Å². The van der Waals surface area contributed by atoms with Gasteiger partial charge < -0.3 is 16.9 Å². The lowest BCUT2D eigenvalue weighted by molar-refractivity contribution is -0.884. The molecule has 2 rings (SSSR count). The molecular formula is C17H22ClNO. The molecule has 0 N–H and O–H groups in total. The first-order valence-electron chi connectivity index (χ1n) is 6.36. The lowest BCUT2D eigenvalue weighted by Crippen LogP contribution is -3.00. The smallest absolute Gasteiger partial charge is 0.150 e. The highest BCUT2D eigenvalue weighted by atomic mass is 35.5. The Morgan fingerprint density at radius 1 is 0.850 bits per heavy atom. The molecule has 0 aromatic heterocycles. The maximum atomic E-state index is 10.4. The third-order valence-electron chi connectivity index (χ3n) is 2.44. The minimum atomic E-state index is 0. The van der Waals surface area contributed by atoms with Crippen LogP contribution in [0, 0.1) is 0 Å². The summed E-state index contributed by atoms with van der Waals surface area (Å²) >= 11 is 0. The second kappa shape index (κ2) is 9.29. The molecule has 0 bridgehead atoms. The fraction of sp³-hybridized carbons (Fsp3) is 0.235. The van der Waals surface area contributed by atoms with Gasteiger partial charge in [0.15, 0.2) is 0 Å². The molecule has 0 aliphatic carbocycles. The molecule has 2 aromatic rings. The number of carbonyl (C=O) groups excluding carboxylic acids is 1. The zero-order chi connectivity index (χ0) is 14.1. The molecule has 0 fully saturated rings. The molecule has 2 nitrogen and oxygen atoms in total. The van der Waals surface area contributed by atoms with Gasteiger partial charge in [-0.3, -0.25) is 4.79 Å². The van der Waals surface area contributed by atoms with Crippen LogP contribution in [0.5, 0.6) is 0 Å². The van der Waals surface area contributed by atoms with Gasteiger partial charge >= 0.3 is 0 Å². The molecule has 0 amide bonds. The van der Waals surface area contributed by atoms with E-state index in [2.05, 4.69) is 21.1 Å². The van der Waals surface area contributed by atoms with Gasteiger partial charge in [-0.15, -0.1) is 0 Å². The largest absolute Gasteiger partial charge is 1.00 e. The highest BCUT2D eigenvalue weighted by Crippen LogP contribution is 2.07. The van der Waals surface area contributed by atoms with Crippen molar-refractivity contribution < 1.29 is 21.7 Å². The van der Waals surface area contributed by atoms with E-state index in [-0.39, 0.29) is 12.4 Å². The van der Waals surface area contributed by atoms with Gasteiger partial charge in [-0.2, -0.15) is 0 Å². The van der Waals surface area contributed by atoms with Crippen LogP contribution in [0.3, 0.4) is 0 Å². The molecule has 108 valence electrons. The molecule has 2 aromatic carbocycles. The number of benzene rings is 2. The van der Waals surface area contributed by atoms with E-state index < -0.39 is 0 Å². The second-order valence-electron chi connectivity index (χ2n) is 5.46. The molecule has 0 saturated heterocycles. The van der Waals surface area contributed by atoms with Crippen molar-refractivity contribution in [3.8, 4) is 0 Å². The monoisotopic (exact) mass is 291 g/mol. The first-order valence-corrected chi connectivity index (χ1v) is 6.36. The average Bonchev–Trinajstić information content (AvgIpc) is 2.40. The van der Waals surface area contributed by atoms with E-state index in [1.165, 1.54) is 5.56 Å². The van der Waals surface area contributed by atoms with Crippen molar-refractivity contribution in [2.24, 2.45) is 0 Å². The summed E-state index contributed by atoms with van der Waals surface area (Å²) in [6.45, 7) is 0.985. The van der Waals surface area contributed by atoms with E-state index in [0.29, 0.717) is 0 Å². The number of hydrogen-bond acceptors (Lipinski definition) is 1. The van der Waals surface area contributed by atoms with E-state index in [0.717, 1.165) is 22.9 Å². The van der Waals surface area contributed by atoms with Gasteiger partial charge in [0.25, 0.3) is 0 Å². The molecular weight excluding hydrogens is 270 g/mol. The molecule has 0 atom stereocenters. The van der Waals surface area contributed by atoms with Crippen molar-refractivity contribution in [2.45, 2.75) is 6.54 Å². The molecule has 0 aliphatic rings. The summed E-state index contributed by atoms with van der Waals surface area (Å²) < 4.78 is 0.903. The van der Waals surface area contributed by atoms with E-state index in [1.807, 2.05) is 60.7 Å². The molecule has 0 radical (unpaired) electrons. The summed E-state index contributed by atoms with van der Waals surface area (Å²) in [6.07, 6.45) is 0.871. The Kier molecular flexibility index (Phi) is 8.53. The Morgan fingerprint density at radius 3 is 1.55 bits per heavy atom. The Morgan fingerprint density at radius 2 is 1.25 bits per heavy atom. The third kappa shape index (κ3) is 8.46. The fourth-order valence-electron chi connectivity index (χ4n) is 1.63. The molecule has 0 unspecified atom stereocenters. The number of hydrogen-bond donors (Lipinski definition) is 0. The summed E-state index contributed by atoms with van der Waals surface area (Å²) in [5, 5.41) is 0. The van der Waals surface area contributed by atoms with Crippen molar-refractivity contribution in [1.29, 1.82) is 0 Å². The molecule has 20 heavy (non-hydrogen) atoms. The Labute approximate surface area is 128 Å². The summed E-state index contributed by atoms with van der Waals surface area (Å²) in [6, 6.07) is 19.7. The number of aldehydes is 1. The van der Waals surface area contributed by atoms with Crippen LogP contribution >= 0.6 is 0 Å². The fourth-order valence-corrected chi connectivity index (χ4v) is 1.63. The van der Waals surface area contributed by atoms with Crippen LogP contribution in [0.2, 0.25) is 0 Å². The van der Waals surface area contributed by atoms with E-state index in [4.69, 9.17) is 0 Å². The Balaban J connectivity index is 0.000000434. The average molecular weight is 292 g/mol. The van der Waals surface area contributed by atoms with Gasteiger partial charge in [0, 0.05) is 11.1 Å². The SMILES string of the molecule is C[N+](C)(C)Cc1ccc(C=O)cc1.[Cl-].c1ccccc1. The summed E-state index contributed by atoms with van der Waals surface area (Å²) in [7, 11) is 6.44. The highest BCUT2D eigenvalue weighted by molar-refractivity contribution is 5.74. The zero-order valence-corrected chi connectivity index (χ0v) is 13.0. The number of carbonyl (C=O) groups is 1. The van der Waals surface area contributed by atoms with Crippen molar-refractivity contribution in [3.63, 3.8) is 0 Å². The Bertz CT molecular complexity index is 448. The van der Waals surface area contributed by atoms with Crippen molar-refractivity contribution in [2.75, 3.05) is 21.1 Å². The van der Waals surface area contributed by atoms with Gasteiger partial charge in [-0.1, -0.05) is 60.7 Å². The number of halogens is 1. The maximum Gasteiger partial charge on any atom is 0.150 e. The van der Waals surface area contributed by atoms with Crippen LogP contribution in [0.15, 0.2) is 60.7 Å². The predicted octanol–water partition coefficient (Wildman–Crippen LogP) is 0.396. The van der Waals surface area contributed by atoms with Crippen molar-refractivity contribution >= 4 is 6.29 Å². The lowest BCUT2D eigenvalue weighted by Gasteiger charge is -2.23. The molecule has 0 heterocycles. The van der Waals surface area contributed by atoms with Gasteiger partial charge in [0.05, 0.1) is 21.1 Å². The second-order valence-corrected chi connectivity index (χ2v) is 5.46. The molecule has 0 spiro atoms. The number of rotatable bonds is 3. The third-order valence-corrected chi connectivity index (χ3v) is 2.44. The maximum absolute atomic E-state index is 10.4. The van der Waals surface area contributed by atoms with Crippen LogP contribution < -0.4 is 12.4 Å². The van der Waals surface area contributed by atoms with Crippen molar-refractivity contribution in [3.05, 3.63) is 71.8 Å². The summed E-state index contributed by atoms with van der Waals surface area (Å²) in [5.74, 6) is 0. The molecule has 0 saturated carbocycles. The normalized spacial score (nSPS) is 9.75. The number of quaternary nitrogens is 1. The highest BCUT2D eigenvalue weighted by Gasteiger charge is 2.07. The number of nitrogens with zero attached hydrogens (tertiary/aromatic N) is 1. The summed E-state index contributed by atoms with van der Waals surface area (Å²) in [5.41, 5.74) is 2.00. The minimum Gasteiger partial charge on any atom is -1.00 e. The van der Waals surface area contributed by atoms with E-state index in [1.54, 1.807) is 0 Å². The first kappa shape index (κ1) is 18.4.